The lowest BCUT2D eigenvalue weighted by molar-refractivity contribution is -0.144. The summed E-state index contributed by atoms with van der Waals surface area (Å²) in [7, 11) is 0. The fourth-order valence-electron chi connectivity index (χ4n) is 4.88. The highest BCUT2D eigenvalue weighted by molar-refractivity contribution is 7.12. The number of amidine groups is 1. The molecule has 206 valence electrons. The molecule has 12 nitrogen and oxygen atoms in total. The number of carboxylic acid groups (broad SMARTS) is 1. The Morgan fingerprint density at radius 1 is 1.24 bits per heavy atom. The average Bonchev–Trinajstić information content (AvgIpc) is 3.53. The summed E-state index contributed by atoms with van der Waals surface area (Å²) >= 11 is 0.971. The number of carboxylic acids is 1. The molecule has 0 spiro atoms. The van der Waals surface area contributed by atoms with Crippen molar-refractivity contribution in [1.82, 2.24) is 9.80 Å². The summed E-state index contributed by atoms with van der Waals surface area (Å²) in [6.45, 7) is 2.78. The highest BCUT2D eigenvalue weighted by Crippen LogP contribution is 2.32. The summed E-state index contributed by atoms with van der Waals surface area (Å²) in [6.07, 6.45) is 5.52. The van der Waals surface area contributed by atoms with E-state index in [9.17, 15) is 24.0 Å². The smallest absolute Gasteiger partial charge is 0.347 e. The fourth-order valence-corrected chi connectivity index (χ4v) is 5.83. The maximum absolute atomic E-state index is 14.1. The number of hydrogen-bond acceptors (Lipinski definition) is 9. The summed E-state index contributed by atoms with van der Waals surface area (Å²) in [5, 5.41) is 18.5. The molecule has 38 heavy (non-hydrogen) atoms. The number of nitrogens with one attached hydrogen (secondary N) is 1. The number of carbonyl (C=O) groups is 5. The number of ether oxygens (including phenoxy) is 1. The van der Waals surface area contributed by atoms with Gasteiger partial charge in [-0.05, 0) is 32.6 Å². The van der Waals surface area contributed by atoms with Gasteiger partial charge in [0.15, 0.2) is 5.84 Å². The lowest BCUT2D eigenvalue weighted by atomic mass is 9.92. The molecule has 1 saturated heterocycles. The monoisotopic (exact) mass is 547 g/mol. The zero-order valence-electron chi connectivity index (χ0n) is 21.5. The van der Waals surface area contributed by atoms with Crippen molar-refractivity contribution < 1.29 is 33.8 Å². The van der Waals surface area contributed by atoms with Crippen LogP contribution in [0.5, 0.6) is 0 Å². The molecular formula is C25H33N5O7S. The van der Waals surface area contributed by atoms with Crippen LogP contribution in [0, 0.1) is 5.41 Å². The third-order valence-electron chi connectivity index (χ3n) is 6.67. The van der Waals surface area contributed by atoms with Gasteiger partial charge in [-0.25, -0.2) is 9.79 Å². The Hall–Kier alpha value is -3.45. The maximum atomic E-state index is 14.1. The van der Waals surface area contributed by atoms with Crippen LogP contribution in [-0.4, -0.2) is 81.3 Å². The van der Waals surface area contributed by atoms with Crippen LogP contribution in [-0.2, 0) is 30.5 Å². The molecule has 2 heterocycles. The molecule has 0 radical (unpaired) electrons. The summed E-state index contributed by atoms with van der Waals surface area (Å²) in [6, 6.07) is -1.96. The van der Waals surface area contributed by atoms with E-state index in [1.54, 1.807) is 6.92 Å². The minimum absolute atomic E-state index is 0.0727. The summed E-state index contributed by atoms with van der Waals surface area (Å²) in [4.78, 5) is 69.6. The highest BCUT2D eigenvalue weighted by Gasteiger charge is 2.42. The Balaban J connectivity index is 2.02. The molecule has 3 amide bonds. The molecule has 0 aromatic carbocycles. The van der Waals surface area contributed by atoms with Gasteiger partial charge in [-0.2, -0.15) is 0 Å². The lowest BCUT2D eigenvalue weighted by Gasteiger charge is -2.36. The Morgan fingerprint density at radius 3 is 2.53 bits per heavy atom. The maximum Gasteiger partial charge on any atom is 0.347 e. The molecule has 2 atom stereocenters. The average molecular weight is 548 g/mol. The fraction of sp³-hybridized carbons (Fsp3) is 0.560. The van der Waals surface area contributed by atoms with E-state index in [0.717, 1.165) is 30.6 Å². The highest BCUT2D eigenvalue weighted by atomic mass is 32.1. The first-order valence-electron chi connectivity index (χ1n) is 12.6. The van der Waals surface area contributed by atoms with E-state index in [4.69, 9.17) is 21.0 Å². The Kier molecular flexibility index (Phi) is 9.86. The third kappa shape index (κ3) is 6.70. The van der Waals surface area contributed by atoms with Crippen LogP contribution in [0.25, 0.3) is 0 Å². The zero-order valence-corrected chi connectivity index (χ0v) is 22.3. The minimum atomic E-state index is -1.35. The second-order valence-corrected chi connectivity index (χ2v) is 10.3. The van der Waals surface area contributed by atoms with Crippen molar-refractivity contribution in [2.45, 2.75) is 83.5 Å². The first kappa shape index (κ1) is 29.1. The topological polar surface area (TPSA) is 184 Å². The van der Waals surface area contributed by atoms with Crippen LogP contribution in [0.1, 0.15) is 79.6 Å². The van der Waals surface area contributed by atoms with Gasteiger partial charge >= 0.3 is 11.9 Å². The number of nitrogens with two attached hydrogens (primary N) is 1. The number of rotatable bonds is 8. The van der Waals surface area contributed by atoms with Crippen molar-refractivity contribution in [3.63, 3.8) is 0 Å². The molecule has 3 rings (SSSR count). The molecule has 1 aliphatic carbocycles. The number of esters is 1. The first-order chi connectivity index (χ1) is 18.0. The number of carbonyl (C=O) groups excluding carboxylic acids is 4. The number of thiophene rings is 1. The summed E-state index contributed by atoms with van der Waals surface area (Å²) < 4.78 is 5.13. The van der Waals surface area contributed by atoms with Gasteiger partial charge < -0.3 is 20.5 Å². The number of likely N-dealkylation sites (tertiary alicyclic amines) is 1. The molecular weight excluding hydrogens is 514 g/mol. The largest absolute Gasteiger partial charge is 0.477 e. The number of hydrogen-bond donors (Lipinski definition) is 3. The summed E-state index contributed by atoms with van der Waals surface area (Å²) in [5.74, 6) is -3.81. The molecule has 0 unspecified atom stereocenters. The van der Waals surface area contributed by atoms with Crippen molar-refractivity contribution in [3.8, 4) is 0 Å². The molecule has 13 heteroatoms. The Bertz CT molecular complexity index is 1140. The van der Waals surface area contributed by atoms with Gasteiger partial charge in [0.1, 0.15) is 18.9 Å². The van der Waals surface area contributed by atoms with Crippen molar-refractivity contribution in [3.05, 3.63) is 21.4 Å². The van der Waals surface area contributed by atoms with Gasteiger partial charge in [-0.1, -0.05) is 19.3 Å². The predicted molar refractivity (Wildman–Crippen MR) is 139 cm³/mol. The third-order valence-corrected chi connectivity index (χ3v) is 7.70. The predicted octanol–water partition coefficient (Wildman–Crippen LogP) is 1.93. The molecule has 1 saturated carbocycles. The van der Waals surface area contributed by atoms with Crippen LogP contribution >= 0.6 is 11.3 Å². The van der Waals surface area contributed by atoms with E-state index in [1.165, 1.54) is 22.1 Å². The van der Waals surface area contributed by atoms with Gasteiger partial charge in [0.2, 0.25) is 5.91 Å². The number of nitrogens with zero attached hydrogens (tertiary/aromatic N) is 3. The molecule has 0 bridgehead atoms. The van der Waals surface area contributed by atoms with E-state index in [0.29, 0.717) is 38.4 Å². The number of aliphatic imine (C=N–C) groups is 1. The zero-order chi connectivity index (χ0) is 28.0. The van der Waals surface area contributed by atoms with Gasteiger partial charge in [-0.15, -0.1) is 11.3 Å². The van der Waals surface area contributed by atoms with E-state index < -0.39 is 41.7 Å². The second-order valence-electron chi connectivity index (χ2n) is 9.47. The van der Waals surface area contributed by atoms with Crippen molar-refractivity contribution in [2.75, 3.05) is 6.54 Å². The minimum Gasteiger partial charge on any atom is -0.477 e. The summed E-state index contributed by atoms with van der Waals surface area (Å²) in [5.41, 5.74) is 6.05. The van der Waals surface area contributed by atoms with Gasteiger partial charge in [0.05, 0.1) is 16.5 Å². The second kappa shape index (κ2) is 12.9. The molecule has 2 aliphatic rings. The quantitative estimate of drug-likeness (QED) is 0.191. The van der Waals surface area contributed by atoms with E-state index in [2.05, 4.69) is 4.99 Å². The van der Waals surface area contributed by atoms with Crippen LogP contribution in [0.15, 0.2) is 10.4 Å². The van der Waals surface area contributed by atoms with Crippen LogP contribution in [0.4, 0.5) is 0 Å². The standard InChI is InChI=1S/C25H33N5O7S/c1-14(26)23(34)29-10-6-9-19(29)25(36)30(16-7-4-3-5-8-16)24(35)18-13-38-21(17(18)12-37-15(2)31)22(27)28-11-20(32)33/h11,13-14,16,19,27H,3-10,12,26H2,1-2H3,(H,32,33)/t14-,19-/m0/s1. The molecule has 1 aromatic rings. The van der Waals surface area contributed by atoms with Gasteiger partial charge in [-0.3, -0.25) is 29.5 Å². The number of amides is 3. The number of aliphatic carboxylic acids is 1. The van der Waals surface area contributed by atoms with E-state index >= 15 is 0 Å². The Morgan fingerprint density at radius 2 is 1.92 bits per heavy atom. The van der Waals surface area contributed by atoms with Crippen molar-refractivity contribution >= 4 is 53.0 Å². The number of imide groups is 1. The lowest BCUT2D eigenvalue weighted by Crippen LogP contribution is -2.55. The molecule has 1 aliphatic heterocycles. The normalized spacial score (nSPS) is 18.8. The van der Waals surface area contributed by atoms with Crippen LogP contribution in [0.3, 0.4) is 0 Å². The van der Waals surface area contributed by atoms with Crippen molar-refractivity contribution in [1.29, 1.82) is 5.41 Å². The van der Waals surface area contributed by atoms with E-state index in [1.807, 2.05) is 0 Å². The molecule has 1 aromatic heterocycles. The van der Waals surface area contributed by atoms with Gasteiger partial charge in [0, 0.05) is 30.5 Å². The molecule has 4 N–H and O–H groups in total. The SMILES string of the molecule is CC(=O)OCc1c(C(=O)N(C(=O)[C@@H]2CCCN2C(=O)[C@H](C)N)C2CCCCC2)csc1C(=N)N=CC(=O)O. The Labute approximate surface area is 224 Å². The van der Waals surface area contributed by atoms with Crippen LogP contribution < -0.4 is 5.73 Å². The van der Waals surface area contributed by atoms with Gasteiger partial charge in [0.25, 0.3) is 11.8 Å². The van der Waals surface area contributed by atoms with Crippen LogP contribution in [0.2, 0.25) is 0 Å². The van der Waals surface area contributed by atoms with E-state index in [-0.39, 0.29) is 34.6 Å². The molecule has 2 fully saturated rings. The first-order valence-corrected chi connectivity index (χ1v) is 13.4. The van der Waals surface area contributed by atoms with Crippen molar-refractivity contribution in [2.24, 2.45) is 10.7 Å².